The molecule has 0 aliphatic carbocycles. The van der Waals surface area contributed by atoms with Crippen molar-refractivity contribution in [1.29, 1.82) is 0 Å². The molecule has 6 nitrogen and oxygen atoms in total. The van der Waals surface area contributed by atoms with Gasteiger partial charge in [-0.25, -0.2) is 0 Å². The Balaban J connectivity index is 1.17. The molecule has 0 amide bonds. The summed E-state index contributed by atoms with van der Waals surface area (Å²) in [5.41, 5.74) is 8.19. The lowest BCUT2D eigenvalue weighted by molar-refractivity contribution is 0.584. The minimum Gasteiger partial charge on any atom is -0.416 e. The van der Waals surface area contributed by atoms with Gasteiger partial charge in [0.1, 0.15) is 0 Å². The maximum Gasteiger partial charge on any atom is 0.248 e. The molecule has 4 aromatic carbocycles. The molecule has 0 aliphatic rings. The Hall–Kier alpha value is -4.84. The minimum absolute atomic E-state index is 0.494. The fraction of sp³-hybridized carbons (Fsp3) is 0.0968. The average molecular weight is 485 g/mol. The van der Waals surface area contributed by atoms with E-state index in [4.69, 9.17) is 8.83 Å². The molecule has 0 N–H and O–H groups in total. The van der Waals surface area contributed by atoms with Crippen molar-refractivity contribution in [1.82, 2.24) is 20.4 Å². The van der Waals surface area contributed by atoms with Crippen LogP contribution in [0.5, 0.6) is 0 Å². The van der Waals surface area contributed by atoms with Crippen LogP contribution in [-0.4, -0.2) is 20.4 Å². The predicted molar refractivity (Wildman–Crippen MR) is 143 cm³/mol. The predicted octanol–water partition coefficient (Wildman–Crippen LogP) is 7.66. The highest BCUT2D eigenvalue weighted by Gasteiger charge is 2.12. The van der Waals surface area contributed by atoms with Gasteiger partial charge in [0.25, 0.3) is 0 Å². The van der Waals surface area contributed by atoms with Gasteiger partial charge in [0.2, 0.25) is 23.6 Å². The number of hydrogen-bond acceptors (Lipinski definition) is 6. The highest BCUT2D eigenvalue weighted by atomic mass is 16.4. The maximum absolute atomic E-state index is 5.93. The second-order valence-corrected chi connectivity index (χ2v) is 8.90. The summed E-state index contributed by atoms with van der Waals surface area (Å²) in [5.74, 6) is 2.02. The molecule has 0 unspecified atom stereocenters. The van der Waals surface area contributed by atoms with Crippen LogP contribution in [0.2, 0.25) is 0 Å². The smallest absolute Gasteiger partial charge is 0.248 e. The van der Waals surface area contributed by atoms with Crippen molar-refractivity contribution in [2.75, 3.05) is 0 Å². The summed E-state index contributed by atoms with van der Waals surface area (Å²) in [7, 11) is 0. The molecular formula is C31H24N4O2. The van der Waals surface area contributed by atoms with Gasteiger partial charge in [0, 0.05) is 22.3 Å². The molecular weight excluding hydrogens is 460 g/mol. The Labute approximate surface area is 214 Å². The van der Waals surface area contributed by atoms with Crippen LogP contribution in [0, 0.1) is 6.92 Å². The second kappa shape index (κ2) is 9.66. The van der Waals surface area contributed by atoms with Crippen molar-refractivity contribution in [3.63, 3.8) is 0 Å². The first-order valence-electron chi connectivity index (χ1n) is 12.2. The molecule has 37 heavy (non-hydrogen) atoms. The summed E-state index contributed by atoms with van der Waals surface area (Å²) >= 11 is 0. The van der Waals surface area contributed by atoms with Gasteiger partial charge in [0.05, 0.1) is 0 Å². The molecule has 6 aromatic rings. The van der Waals surface area contributed by atoms with Crippen molar-refractivity contribution in [3.8, 4) is 56.9 Å². The topological polar surface area (TPSA) is 77.8 Å². The lowest BCUT2D eigenvalue weighted by Gasteiger charge is -2.04. The molecule has 0 aliphatic heterocycles. The van der Waals surface area contributed by atoms with E-state index in [1.54, 1.807) is 0 Å². The molecule has 6 rings (SSSR count). The highest BCUT2D eigenvalue weighted by Crippen LogP contribution is 2.29. The molecule has 0 spiro atoms. The number of benzene rings is 4. The van der Waals surface area contributed by atoms with Crippen LogP contribution in [0.1, 0.15) is 18.1 Å². The number of hydrogen-bond donors (Lipinski definition) is 0. The van der Waals surface area contributed by atoms with Crippen molar-refractivity contribution in [2.24, 2.45) is 0 Å². The largest absolute Gasteiger partial charge is 0.416 e. The SMILES string of the molecule is CCc1ccc(-c2nnc(-c3ccc(-c4ccc(-c5nnc(-c6ccc(C)cc6)o5)cc4)cc3)o2)cc1. The van der Waals surface area contributed by atoms with Gasteiger partial charge in [0.15, 0.2) is 0 Å². The standard InChI is InChI=1S/C31H24N4O2/c1-3-21-6-10-25(11-7-21)29-33-35-31(37-29)27-18-14-23(15-19-27)22-12-16-26(17-13-22)30-34-32-28(36-30)24-8-4-20(2)5-9-24/h4-19H,3H2,1-2H3. The number of aryl methyl sites for hydroxylation is 2. The normalized spacial score (nSPS) is 11.1. The van der Waals surface area contributed by atoms with E-state index < -0.39 is 0 Å². The summed E-state index contributed by atoms with van der Waals surface area (Å²) in [5, 5.41) is 16.9. The van der Waals surface area contributed by atoms with Crippen LogP contribution in [0.25, 0.3) is 56.9 Å². The fourth-order valence-corrected chi connectivity index (χ4v) is 4.10. The summed E-state index contributed by atoms with van der Waals surface area (Å²) in [4.78, 5) is 0. The van der Waals surface area contributed by atoms with E-state index in [2.05, 4.69) is 39.5 Å². The molecule has 0 fully saturated rings. The molecule has 180 valence electrons. The van der Waals surface area contributed by atoms with Crippen LogP contribution in [0.3, 0.4) is 0 Å². The van der Waals surface area contributed by atoms with Crippen LogP contribution in [-0.2, 0) is 6.42 Å². The highest BCUT2D eigenvalue weighted by molar-refractivity contribution is 5.70. The number of rotatable bonds is 6. The van der Waals surface area contributed by atoms with Crippen molar-refractivity contribution >= 4 is 0 Å². The van der Waals surface area contributed by atoms with E-state index in [9.17, 15) is 0 Å². The van der Waals surface area contributed by atoms with Crippen LogP contribution in [0.15, 0.2) is 106 Å². The fourth-order valence-electron chi connectivity index (χ4n) is 4.10. The van der Waals surface area contributed by atoms with Gasteiger partial charge in [-0.05, 0) is 78.6 Å². The summed E-state index contributed by atoms with van der Waals surface area (Å²) in [6.45, 7) is 4.18. The van der Waals surface area contributed by atoms with Crippen LogP contribution in [0.4, 0.5) is 0 Å². The maximum atomic E-state index is 5.93. The van der Waals surface area contributed by atoms with Gasteiger partial charge in [-0.1, -0.05) is 61.0 Å². The first-order valence-corrected chi connectivity index (χ1v) is 12.2. The zero-order valence-electron chi connectivity index (χ0n) is 20.6. The average Bonchev–Trinajstić information content (AvgIpc) is 3.65. The lowest BCUT2D eigenvalue weighted by atomic mass is 10.0. The quantitative estimate of drug-likeness (QED) is 0.241. The molecule has 0 saturated carbocycles. The van der Waals surface area contributed by atoms with E-state index in [1.807, 2.05) is 91.9 Å². The van der Waals surface area contributed by atoms with E-state index >= 15 is 0 Å². The van der Waals surface area contributed by atoms with Gasteiger partial charge in [-0.15, -0.1) is 20.4 Å². The lowest BCUT2D eigenvalue weighted by Crippen LogP contribution is -1.82. The van der Waals surface area contributed by atoms with E-state index in [-0.39, 0.29) is 0 Å². The zero-order chi connectivity index (χ0) is 25.2. The van der Waals surface area contributed by atoms with E-state index in [0.29, 0.717) is 23.6 Å². The third-order valence-electron chi connectivity index (χ3n) is 6.35. The zero-order valence-corrected chi connectivity index (χ0v) is 20.6. The van der Waals surface area contributed by atoms with Gasteiger partial charge >= 0.3 is 0 Å². The summed E-state index contributed by atoms with van der Waals surface area (Å²) in [6.07, 6.45) is 0.996. The Kier molecular flexibility index (Phi) is 5.91. The van der Waals surface area contributed by atoms with E-state index in [1.165, 1.54) is 11.1 Å². The molecule has 0 bridgehead atoms. The molecule has 0 saturated heterocycles. The second-order valence-electron chi connectivity index (χ2n) is 8.90. The van der Waals surface area contributed by atoms with Gasteiger partial charge in [-0.2, -0.15) is 0 Å². The van der Waals surface area contributed by atoms with Gasteiger partial charge in [-0.3, -0.25) is 0 Å². The number of nitrogens with zero attached hydrogens (tertiary/aromatic N) is 4. The van der Waals surface area contributed by atoms with Crippen LogP contribution < -0.4 is 0 Å². The first kappa shape index (κ1) is 22.6. The minimum atomic E-state index is 0.494. The van der Waals surface area contributed by atoms with Crippen molar-refractivity contribution < 1.29 is 8.83 Å². The Bertz CT molecular complexity index is 1630. The van der Waals surface area contributed by atoms with Crippen molar-refractivity contribution in [3.05, 3.63) is 108 Å². The van der Waals surface area contributed by atoms with Crippen LogP contribution >= 0.6 is 0 Å². The van der Waals surface area contributed by atoms with Gasteiger partial charge < -0.3 is 8.83 Å². The molecule has 0 atom stereocenters. The molecule has 2 heterocycles. The molecule has 6 heteroatoms. The summed E-state index contributed by atoms with van der Waals surface area (Å²) < 4.78 is 11.8. The monoisotopic (exact) mass is 484 g/mol. The molecule has 2 aromatic heterocycles. The Morgan fingerprint density at radius 1 is 0.432 bits per heavy atom. The summed E-state index contributed by atoms with van der Waals surface area (Å²) in [6, 6.07) is 32.4. The number of aromatic nitrogens is 4. The Morgan fingerprint density at radius 2 is 0.730 bits per heavy atom. The first-order chi connectivity index (χ1) is 18.2. The van der Waals surface area contributed by atoms with Crippen molar-refractivity contribution in [2.45, 2.75) is 20.3 Å². The third-order valence-corrected chi connectivity index (χ3v) is 6.35. The third kappa shape index (κ3) is 4.69. The Morgan fingerprint density at radius 3 is 1.08 bits per heavy atom. The molecule has 0 radical (unpaired) electrons. The van der Waals surface area contributed by atoms with E-state index in [0.717, 1.165) is 39.8 Å².